The predicted molar refractivity (Wildman–Crippen MR) is 109 cm³/mol. The number of benzene rings is 1. The molecule has 1 fully saturated rings. The lowest BCUT2D eigenvalue weighted by atomic mass is 9.54. The Labute approximate surface area is 163 Å². The number of aliphatic hydroxyl groups is 1. The number of esters is 1. The molecule has 0 heterocycles. The molecule has 1 aromatic carbocycles. The molecule has 0 aromatic heterocycles. The van der Waals surface area contributed by atoms with E-state index in [1.54, 1.807) is 6.08 Å². The average molecular weight is 369 g/mol. The second-order valence-electron chi connectivity index (χ2n) is 8.76. The van der Waals surface area contributed by atoms with Gasteiger partial charge in [-0.05, 0) is 55.6 Å². The Morgan fingerprint density at radius 3 is 2.63 bits per heavy atom. The van der Waals surface area contributed by atoms with Crippen LogP contribution in [-0.4, -0.2) is 23.3 Å². The van der Waals surface area contributed by atoms with E-state index in [-0.39, 0.29) is 18.0 Å². The van der Waals surface area contributed by atoms with E-state index in [1.807, 2.05) is 30.3 Å². The molecule has 2 aliphatic rings. The highest BCUT2D eigenvalue weighted by Gasteiger charge is 2.54. The number of fused-ring (bicyclic) bond motifs is 1. The number of allylic oxidation sites excluding steroid dienone is 1. The molecule has 3 rings (SSSR count). The quantitative estimate of drug-likeness (QED) is 0.461. The lowest BCUT2D eigenvalue weighted by Gasteiger charge is -2.54. The average Bonchev–Trinajstić information content (AvgIpc) is 2.65. The van der Waals surface area contributed by atoms with Gasteiger partial charge in [-0.2, -0.15) is 0 Å². The van der Waals surface area contributed by atoms with Crippen LogP contribution in [-0.2, 0) is 9.53 Å². The number of hydrogen-bond acceptors (Lipinski definition) is 3. The number of rotatable bonds is 4. The van der Waals surface area contributed by atoms with Gasteiger partial charge in [0.15, 0.2) is 0 Å². The molecular formula is C24H32O3. The molecule has 27 heavy (non-hydrogen) atoms. The summed E-state index contributed by atoms with van der Waals surface area (Å²) in [4.78, 5) is 12.6. The molecule has 5 unspecified atom stereocenters. The van der Waals surface area contributed by atoms with E-state index in [1.165, 1.54) is 11.6 Å². The molecule has 1 saturated carbocycles. The molecular weight excluding hydrogens is 336 g/mol. The highest BCUT2D eigenvalue weighted by molar-refractivity contribution is 5.87. The molecule has 0 bridgehead atoms. The largest absolute Gasteiger partial charge is 0.458 e. The monoisotopic (exact) mass is 368 g/mol. The molecule has 1 N–H and O–H groups in total. The van der Waals surface area contributed by atoms with E-state index in [4.69, 9.17) is 4.74 Å². The Bertz CT molecular complexity index is 718. The molecule has 1 aromatic rings. The molecule has 146 valence electrons. The zero-order chi connectivity index (χ0) is 19.6. The predicted octanol–water partition coefficient (Wildman–Crippen LogP) is 5.01. The van der Waals surface area contributed by atoms with Crippen LogP contribution >= 0.6 is 0 Å². The van der Waals surface area contributed by atoms with Crippen molar-refractivity contribution < 1.29 is 14.6 Å². The van der Waals surface area contributed by atoms with Crippen LogP contribution < -0.4 is 0 Å². The third-order valence-electron chi connectivity index (χ3n) is 6.84. The number of carbonyl (C=O) groups is 1. The zero-order valence-electron chi connectivity index (χ0n) is 16.9. The Morgan fingerprint density at radius 2 is 1.96 bits per heavy atom. The van der Waals surface area contributed by atoms with Crippen molar-refractivity contribution in [1.82, 2.24) is 0 Å². The summed E-state index contributed by atoms with van der Waals surface area (Å²) in [5.74, 6) is 0.959. The third kappa shape index (κ3) is 4.03. The first-order valence-electron chi connectivity index (χ1n) is 10.1. The summed E-state index contributed by atoms with van der Waals surface area (Å²) < 4.78 is 5.97. The van der Waals surface area contributed by atoms with Crippen LogP contribution in [0.1, 0.15) is 52.5 Å². The van der Waals surface area contributed by atoms with Crippen LogP contribution in [0.3, 0.4) is 0 Å². The van der Waals surface area contributed by atoms with Gasteiger partial charge < -0.3 is 9.84 Å². The van der Waals surface area contributed by atoms with Gasteiger partial charge in [0, 0.05) is 11.5 Å². The molecule has 2 aliphatic carbocycles. The first-order valence-corrected chi connectivity index (χ1v) is 10.1. The lowest BCUT2D eigenvalue weighted by molar-refractivity contribution is -0.174. The second-order valence-corrected chi connectivity index (χ2v) is 8.76. The molecule has 0 amide bonds. The van der Waals surface area contributed by atoms with Gasteiger partial charge in [0.25, 0.3) is 0 Å². The fourth-order valence-corrected chi connectivity index (χ4v) is 4.85. The standard InChI is InChI=1S/C24H32O3/c1-16(2)19-14-20-17(3)10-12-21(25)24(20,4)22(15-19)27-23(26)13-11-18-8-6-5-7-9-18/h5-11,13,16,19-22,25H,12,14-15H2,1-4H3. The molecule has 5 atom stereocenters. The van der Waals surface area contributed by atoms with Crippen molar-refractivity contribution in [1.29, 1.82) is 0 Å². The van der Waals surface area contributed by atoms with Gasteiger partial charge in [0.1, 0.15) is 6.10 Å². The van der Waals surface area contributed by atoms with E-state index >= 15 is 0 Å². The van der Waals surface area contributed by atoms with Gasteiger partial charge in [0.2, 0.25) is 0 Å². The summed E-state index contributed by atoms with van der Waals surface area (Å²) >= 11 is 0. The fraction of sp³-hybridized carbons (Fsp3) is 0.542. The van der Waals surface area contributed by atoms with Crippen molar-refractivity contribution in [2.45, 2.75) is 59.2 Å². The van der Waals surface area contributed by atoms with Crippen LogP contribution in [0.2, 0.25) is 0 Å². The minimum Gasteiger partial charge on any atom is -0.458 e. The number of carbonyl (C=O) groups excluding carboxylic acids is 1. The fourth-order valence-electron chi connectivity index (χ4n) is 4.85. The SMILES string of the molecule is CC1=CCC(O)C2(C)C(OC(=O)C=Cc3ccccc3)CC(C(C)C)CC12. The molecule has 0 spiro atoms. The van der Waals surface area contributed by atoms with Crippen molar-refractivity contribution in [2.24, 2.45) is 23.2 Å². The second kappa shape index (κ2) is 8.02. The minimum absolute atomic E-state index is 0.262. The Kier molecular flexibility index (Phi) is 5.90. The lowest BCUT2D eigenvalue weighted by Crippen LogP contribution is -2.56. The number of hydrogen-bond donors (Lipinski definition) is 1. The summed E-state index contributed by atoms with van der Waals surface area (Å²) in [6.45, 7) is 8.74. The van der Waals surface area contributed by atoms with E-state index < -0.39 is 11.5 Å². The topological polar surface area (TPSA) is 46.5 Å². The van der Waals surface area contributed by atoms with Gasteiger partial charge in [-0.15, -0.1) is 0 Å². The van der Waals surface area contributed by atoms with Crippen LogP contribution in [0, 0.1) is 23.2 Å². The van der Waals surface area contributed by atoms with Crippen LogP contribution in [0.15, 0.2) is 48.1 Å². The maximum atomic E-state index is 12.6. The maximum Gasteiger partial charge on any atom is 0.331 e. The smallest absolute Gasteiger partial charge is 0.331 e. The number of ether oxygens (including phenoxy) is 1. The summed E-state index contributed by atoms with van der Waals surface area (Å²) in [7, 11) is 0. The van der Waals surface area contributed by atoms with E-state index in [2.05, 4.69) is 33.8 Å². The van der Waals surface area contributed by atoms with Gasteiger partial charge in [-0.1, -0.05) is 62.8 Å². The van der Waals surface area contributed by atoms with Crippen LogP contribution in [0.5, 0.6) is 0 Å². The van der Waals surface area contributed by atoms with Crippen molar-refractivity contribution >= 4 is 12.0 Å². The Balaban J connectivity index is 1.81. The molecule has 0 aliphatic heterocycles. The van der Waals surface area contributed by atoms with Crippen molar-refractivity contribution in [3.8, 4) is 0 Å². The third-order valence-corrected chi connectivity index (χ3v) is 6.84. The summed E-state index contributed by atoms with van der Waals surface area (Å²) in [6.07, 6.45) is 7.22. The van der Waals surface area contributed by atoms with E-state index in [0.29, 0.717) is 18.3 Å². The molecule has 0 radical (unpaired) electrons. The van der Waals surface area contributed by atoms with Gasteiger partial charge in [-0.25, -0.2) is 4.79 Å². The van der Waals surface area contributed by atoms with Gasteiger partial charge in [0.05, 0.1) is 6.10 Å². The molecule has 3 nitrogen and oxygen atoms in total. The van der Waals surface area contributed by atoms with E-state index in [9.17, 15) is 9.90 Å². The zero-order valence-corrected chi connectivity index (χ0v) is 16.9. The normalized spacial score (nSPS) is 33.6. The highest BCUT2D eigenvalue weighted by atomic mass is 16.5. The highest BCUT2D eigenvalue weighted by Crippen LogP contribution is 2.54. The molecule has 3 heteroatoms. The van der Waals surface area contributed by atoms with E-state index in [0.717, 1.165) is 18.4 Å². The Hall–Kier alpha value is -1.87. The summed E-state index contributed by atoms with van der Waals surface area (Å²) in [5.41, 5.74) is 1.88. The van der Waals surface area contributed by atoms with Crippen molar-refractivity contribution in [3.05, 3.63) is 53.6 Å². The summed E-state index contributed by atoms with van der Waals surface area (Å²) in [6, 6.07) is 9.74. The van der Waals surface area contributed by atoms with Gasteiger partial charge >= 0.3 is 5.97 Å². The van der Waals surface area contributed by atoms with Crippen molar-refractivity contribution in [2.75, 3.05) is 0 Å². The van der Waals surface area contributed by atoms with Crippen LogP contribution in [0.4, 0.5) is 0 Å². The van der Waals surface area contributed by atoms with Crippen LogP contribution in [0.25, 0.3) is 6.08 Å². The summed E-state index contributed by atoms with van der Waals surface area (Å²) in [5, 5.41) is 10.8. The van der Waals surface area contributed by atoms with Crippen molar-refractivity contribution in [3.63, 3.8) is 0 Å². The maximum absolute atomic E-state index is 12.6. The minimum atomic E-state index is -0.477. The molecule has 0 saturated heterocycles. The number of aliphatic hydroxyl groups excluding tert-OH is 1. The van der Waals surface area contributed by atoms with Gasteiger partial charge in [-0.3, -0.25) is 0 Å². The first kappa shape index (κ1) is 19.9. The Morgan fingerprint density at radius 1 is 1.26 bits per heavy atom. The first-order chi connectivity index (χ1) is 12.8.